The molecule has 0 aliphatic carbocycles. The van der Waals surface area contributed by atoms with E-state index >= 15 is 0 Å². The highest BCUT2D eigenvalue weighted by atomic mass is 32.2. The highest BCUT2D eigenvalue weighted by molar-refractivity contribution is 7.99. The maximum atomic E-state index is 13.5. The van der Waals surface area contributed by atoms with Gasteiger partial charge in [-0.3, -0.25) is 19.1 Å². The Morgan fingerprint density at radius 2 is 1.71 bits per heavy atom. The first-order valence-corrected chi connectivity index (χ1v) is 11.8. The lowest BCUT2D eigenvalue weighted by atomic mass is 10.1. The first-order chi connectivity index (χ1) is 16.2. The summed E-state index contributed by atoms with van der Waals surface area (Å²) in [6, 6.07) is 11.7. The van der Waals surface area contributed by atoms with Crippen LogP contribution in [0.3, 0.4) is 0 Å². The zero-order valence-corrected chi connectivity index (χ0v) is 20.7. The number of thioether (sulfide) groups is 1. The van der Waals surface area contributed by atoms with Gasteiger partial charge in [0.15, 0.2) is 11.0 Å². The molecule has 0 fully saturated rings. The normalized spacial score (nSPS) is 12.0. The van der Waals surface area contributed by atoms with E-state index in [1.807, 2.05) is 62.5 Å². The van der Waals surface area contributed by atoms with E-state index in [2.05, 4.69) is 20.8 Å². The number of anilines is 1. The standard InChI is InChI=1S/C24H29FN6O2S/c1-15-7-6-8-16(2)22(15)27-20(32)13-26-21(33)14-34-24-29-28-23(17(3)30(4)5)31(24)19-11-9-18(25)10-12-19/h6-12,17H,13-14H2,1-5H3,(H,26,33)(H,27,32). The number of aromatic nitrogens is 3. The van der Waals surface area contributed by atoms with Crippen LogP contribution in [0.15, 0.2) is 47.6 Å². The predicted octanol–water partition coefficient (Wildman–Crippen LogP) is 3.49. The molecule has 0 bridgehead atoms. The van der Waals surface area contributed by atoms with Gasteiger partial charge in [0.1, 0.15) is 5.82 Å². The van der Waals surface area contributed by atoms with Gasteiger partial charge in [-0.25, -0.2) is 4.39 Å². The second-order valence-electron chi connectivity index (χ2n) is 8.17. The van der Waals surface area contributed by atoms with Gasteiger partial charge in [0.25, 0.3) is 0 Å². The van der Waals surface area contributed by atoms with Crippen LogP contribution in [-0.4, -0.2) is 57.9 Å². The molecule has 10 heteroatoms. The van der Waals surface area contributed by atoms with Crippen LogP contribution in [0.4, 0.5) is 10.1 Å². The Morgan fingerprint density at radius 3 is 2.32 bits per heavy atom. The second kappa shape index (κ2) is 11.3. The van der Waals surface area contributed by atoms with Crippen molar-refractivity contribution in [2.75, 3.05) is 31.7 Å². The smallest absolute Gasteiger partial charge is 0.243 e. The third-order valence-electron chi connectivity index (χ3n) is 5.42. The van der Waals surface area contributed by atoms with Crippen LogP contribution in [0.2, 0.25) is 0 Å². The molecular weight excluding hydrogens is 455 g/mol. The maximum Gasteiger partial charge on any atom is 0.243 e. The summed E-state index contributed by atoms with van der Waals surface area (Å²) >= 11 is 1.20. The van der Waals surface area contributed by atoms with E-state index in [0.717, 1.165) is 16.8 Å². The Hall–Kier alpha value is -3.24. The third-order valence-corrected chi connectivity index (χ3v) is 6.34. The van der Waals surface area contributed by atoms with Gasteiger partial charge >= 0.3 is 0 Å². The molecule has 0 spiro atoms. The average Bonchev–Trinajstić information content (AvgIpc) is 3.22. The fourth-order valence-corrected chi connectivity index (χ4v) is 4.05. The molecule has 0 aliphatic heterocycles. The molecule has 3 aromatic rings. The lowest BCUT2D eigenvalue weighted by molar-refractivity contribution is -0.122. The van der Waals surface area contributed by atoms with Gasteiger partial charge in [-0.05, 0) is 70.3 Å². The number of hydrogen-bond donors (Lipinski definition) is 2. The molecule has 34 heavy (non-hydrogen) atoms. The number of carbonyl (C=O) groups is 2. The Morgan fingerprint density at radius 1 is 1.06 bits per heavy atom. The van der Waals surface area contributed by atoms with Gasteiger partial charge in [-0.15, -0.1) is 10.2 Å². The molecule has 1 unspecified atom stereocenters. The minimum atomic E-state index is -0.341. The van der Waals surface area contributed by atoms with Gasteiger partial charge in [0, 0.05) is 11.4 Å². The van der Waals surface area contributed by atoms with E-state index < -0.39 is 0 Å². The first-order valence-electron chi connectivity index (χ1n) is 10.8. The topological polar surface area (TPSA) is 92.2 Å². The van der Waals surface area contributed by atoms with Crippen LogP contribution in [0.25, 0.3) is 5.69 Å². The van der Waals surface area contributed by atoms with Gasteiger partial charge in [-0.1, -0.05) is 30.0 Å². The molecular formula is C24H29FN6O2S. The van der Waals surface area contributed by atoms with Crippen LogP contribution in [0, 0.1) is 19.7 Å². The number of para-hydroxylation sites is 1. The number of hydrogen-bond acceptors (Lipinski definition) is 6. The Kier molecular flexibility index (Phi) is 8.41. The van der Waals surface area contributed by atoms with E-state index in [9.17, 15) is 14.0 Å². The molecule has 0 aliphatic rings. The van der Waals surface area contributed by atoms with Crippen molar-refractivity contribution in [3.05, 3.63) is 65.2 Å². The summed E-state index contributed by atoms with van der Waals surface area (Å²) in [5, 5.41) is 14.6. The molecule has 0 saturated heterocycles. The third kappa shape index (κ3) is 6.21. The van der Waals surface area contributed by atoms with Crippen LogP contribution < -0.4 is 10.6 Å². The van der Waals surface area contributed by atoms with E-state index in [4.69, 9.17) is 0 Å². The van der Waals surface area contributed by atoms with Gasteiger partial charge < -0.3 is 10.6 Å². The summed E-state index contributed by atoms with van der Waals surface area (Å²) < 4.78 is 15.3. The van der Waals surface area contributed by atoms with E-state index in [1.165, 1.54) is 23.9 Å². The van der Waals surface area contributed by atoms with Crippen molar-refractivity contribution in [2.24, 2.45) is 0 Å². The quantitative estimate of drug-likeness (QED) is 0.452. The van der Waals surface area contributed by atoms with Crippen molar-refractivity contribution in [2.45, 2.75) is 32.0 Å². The van der Waals surface area contributed by atoms with Gasteiger partial charge in [-0.2, -0.15) is 0 Å². The van der Waals surface area contributed by atoms with Crippen molar-refractivity contribution in [3.63, 3.8) is 0 Å². The maximum absolute atomic E-state index is 13.5. The van der Waals surface area contributed by atoms with E-state index in [0.29, 0.717) is 16.7 Å². The van der Waals surface area contributed by atoms with Gasteiger partial charge in [0.05, 0.1) is 18.3 Å². The fourth-order valence-electron chi connectivity index (χ4n) is 3.26. The summed E-state index contributed by atoms with van der Waals surface area (Å²) in [5.41, 5.74) is 3.37. The second-order valence-corrected chi connectivity index (χ2v) is 9.12. The van der Waals surface area contributed by atoms with Crippen LogP contribution in [-0.2, 0) is 9.59 Å². The predicted molar refractivity (Wildman–Crippen MR) is 132 cm³/mol. The summed E-state index contributed by atoms with van der Waals surface area (Å²) in [6.07, 6.45) is 0. The average molecular weight is 485 g/mol. The molecule has 0 saturated carbocycles. The number of carbonyl (C=O) groups excluding carboxylic acids is 2. The lowest BCUT2D eigenvalue weighted by Crippen LogP contribution is -2.34. The van der Waals surface area contributed by atoms with E-state index in [-0.39, 0.29) is 36.0 Å². The van der Waals surface area contributed by atoms with Crippen molar-refractivity contribution in [1.29, 1.82) is 0 Å². The number of halogens is 1. The number of aryl methyl sites for hydroxylation is 2. The zero-order valence-electron chi connectivity index (χ0n) is 19.9. The molecule has 180 valence electrons. The highest BCUT2D eigenvalue weighted by Crippen LogP contribution is 2.27. The van der Waals surface area contributed by atoms with Crippen LogP contribution in [0.1, 0.15) is 29.9 Å². The number of nitrogens with one attached hydrogen (secondary N) is 2. The summed E-state index contributed by atoms with van der Waals surface area (Å²) in [7, 11) is 3.86. The van der Waals surface area contributed by atoms with Crippen LogP contribution in [0.5, 0.6) is 0 Å². The molecule has 3 rings (SSSR count). The summed E-state index contributed by atoms with van der Waals surface area (Å²) in [5.74, 6) is -0.226. The minimum absolute atomic E-state index is 0.0480. The van der Waals surface area contributed by atoms with Crippen molar-refractivity contribution in [3.8, 4) is 5.69 Å². The minimum Gasteiger partial charge on any atom is -0.346 e. The zero-order chi connectivity index (χ0) is 24.8. The highest BCUT2D eigenvalue weighted by Gasteiger charge is 2.21. The first kappa shape index (κ1) is 25.4. The fraction of sp³-hybridized carbons (Fsp3) is 0.333. The summed E-state index contributed by atoms with van der Waals surface area (Å²) in [4.78, 5) is 26.7. The van der Waals surface area contributed by atoms with Crippen molar-refractivity contribution >= 4 is 29.3 Å². The number of amides is 2. The molecule has 0 radical (unpaired) electrons. The van der Waals surface area contributed by atoms with E-state index in [1.54, 1.807) is 12.1 Å². The molecule has 1 aromatic heterocycles. The van der Waals surface area contributed by atoms with Gasteiger partial charge in [0.2, 0.25) is 11.8 Å². The number of nitrogens with zero attached hydrogens (tertiary/aromatic N) is 4. The summed E-state index contributed by atoms with van der Waals surface area (Å²) in [6.45, 7) is 5.68. The van der Waals surface area contributed by atoms with Crippen LogP contribution >= 0.6 is 11.8 Å². The molecule has 2 N–H and O–H groups in total. The Bertz CT molecular complexity index is 1140. The molecule has 1 heterocycles. The Labute approximate surface area is 202 Å². The molecule has 2 aromatic carbocycles. The number of rotatable bonds is 9. The van der Waals surface area contributed by atoms with Crippen molar-refractivity contribution < 1.29 is 14.0 Å². The largest absolute Gasteiger partial charge is 0.346 e. The monoisotopic (exact) mass is 484 g/mol. The SMILES string of the molecule is Cc1cccc(C)c1NC(=O)CNC(=O)CSc1nnc(C(C)N(C)C)n1-c1ccc(F)cc1. The number of benzene rings is 2. The molecule has 1 atom stereocenters. The molecule has 2 amide bonds. The lowest BCUT2D eigenvalue weighted by Gasteiger charge is -2.20. The van der Waals surface area contributed by atoms with Crippen molar-refractivity contribution in [1.82, 2.24) is 25.0 Å². The molecule has 8 nitrogen and oxygen atoms in total. The Balaban J connectivity index is 1.65.